The van der Waals surface area contributed by atoms with Gasteiger partial charge in [-0.3, -0.25) is 14.2 Å². The average molecular weight is 502 g/mol. The molecule has 0 aliphatic rings. The van der Waals surface area contributed by atoms with Gasteiger partial charge >= 0.3 is 0 Å². The van der Waals surface area contributed by atoms with Gasteiger partial charge in [-0.25, -0.2) is 4.98 Å². The Labute approximate surface area is 217 Å². The van der Waals surface area contributed by atoms with E-state index in [9.17, 15) is 9.59 Å². The molecule has 186 valence electrons. The van der Waals surface area contributed by atoms with Crippen molar-refractivity contribution in [2.24, 2.45) is 0 Å². The number of hydrogen-bond acceptors (Lipinski definition) is 3. The van der Waals surface area contributed by atoms with E-state index in [1.54, 1.807) is 27.7 Å². The van der Waals surface area contributed by atoms with Crippen molar-refractivity contribution in [3.8, 4) is 5.69 Å². The third-order valence-corrected chi connectivity index (χ3v) is 6.88. The van der Waals surface area contributed by atoms with Crippen molar-refractivity contribution in [3.63, 3.8) is 0 Å². The first-order valence-electron chi connectivity index (χ1n) is 12.6. The van der Waals surface area contributed by atoms with Gasteiger partial charge in [0.2, 0.25) is 0 Å². The molecule has 1 unspecified atom stereocenters. The quantitative estimate of drug-likeness (QED) is 0.229. The Morgan fingerprint density at radius 1 is 0.972 bits per heavy atom. The summed E-state index contributed by atoms with van der Waals surface area (Å²) >= 11 is 6.42. The Morgan fingerprint density at radius 3 is 2.39 bits per heavy atom. The summed E-state index contributed by atoms with van der Waals surface area (Å²) in [5.41, 5.74) is 2.74. The maximum atomic E-state index is 13.8. The molecule has 0 bridgehead atoms. The van der Waals surface area contributed by atoms with Gasteiger partial charge in [-0.15, -0.1) is 0 Å². The van der Waals surface area contributed by atoms with Crippen LogP contribution in [0, 0.1) is 6.92 Å². The first-order valence-corrected chi connectivity index (χ1v) is 12.9. The highest BCUT2D eigenvalue weighted by Crippen LogP contribution is 2.27. The van der Waals surface area contributed by atoms with Crippen LogP contribution >= 0.6 is 11.6 Å². The number of unbranched alkanes of at least 4 members (excludes halogenated alkanes) is 3. The molecule has 0 spiro atoms. The lowest BCUT2D eigenvalue weighted by molar-refractivity contribution is 0.0677. The Morgan fingerprint density at radius 2 is 1.67 bits per heavy atom. The smallest absolute Gasteiger partial charge is 0.266 e. The highest BCUT2D eigenvalue weighted by atomic mass is 35.5. The van der Waals surface area contributed by atoms with Crippen LogP contribution < -0.4 is 5.56 Å². The minimum absolute atomic E-state index is 0.151. The van der Waals surface area contributed by atoms with Crippen LogP contribution in [0.15, 0.2) is 77.6 Å². The number of carbonyl (C=O) groups excluding carboxylic acids is 1. The third-order valence-electron chi connectivity index (χ3n) is 6.55. The lowest BCUT2D eigenvalue weighted by Crippen LogP contribution is -2.38. The molecular weight excluding hydrogens is 470 g/mol. The molecule has 4 rings (SSSR count). The molecule has 5 nitrogen and oxygen atoms in total. The third kappa shape index (κ3) is 5.36. The van der Waals surface area contributed by atoms with E-state index in [0.29, 0.717) is 33.9 Å². The van der Waals surface area contributed by atoms with Gasteiger partial charge < -0.3 is 4.90 Å². The maximum absolute atomic E-state index is 13.8. The van der Waals surface area contributed by atoms with Crippen molar-refractivity contribution in [3.05, 3.63) is 105 Å². The van der Waals surface area contributed by atoms with Gasteiger partial charge in [0.1, 0.15) is 5.82 Å². The Hall–Kier alpha value is -3.44. The predicted octanol–water partition coefficient (Wildman–Crippen LogP) is 7.13. The van der Waals surface area contributed by atoms with Gasteiger partial charge in [0, 0.05) is 6.54 Å². The highest BCUT2D eigenvalue weighted by Gasteiger charge is 2.28. The zero-order chi connectivity index (χ0) is 25.7. The van der Waals surface area contributed by atoms with E-state index in [2.05, 4.69) is 6.92 Å². The molecule has 0 N–H and O–H groups in total. The second kappa shape index (κ2) is 11.5. The van der Waals surface area contributed by atoms with Crippen LogP contribution in [0.25, 0.3) is 16.6 Å². The van der Waals surface area contributed by atoms with Crippen molar-refractivity contribution in [1.29, 1.82) is 0 Å². The molecule has 1 heterocycles. The van der Waals surface area contributed by atoms with Crippen molar-refractivity contribution < 1.29 is 4.79 Å². The zero-order valence-corrected chi connectivity index (χ0v) is 21.8. The van der Waals surface area contributed by atoms with Gasteiger partial charge in [0.15, 0.2) is 0 Å². The minimum Gasteiger partial charge on any atom is -0.329 e. The molecule has 0 radical (unpaired) electrons. The normalized spacial score (nSPS) is 12.0. The van der Waals surface area contributed by atoms with Crippen LogP contribution in [0.5, 0.6) is 0 Å². The Kier molecular flexibility index (Phi) is 8.21. The topological polar surface area (TPSA) is 55.2 Å². The first kappa shape index (κ1) is 25.6. The summed E-state index contributed by atoms with van der Waals surface area (Å²) in [6.45, 7) is 6.65. The monoisotopic (exact) mass is 501 g/mol. The SMILES string of the molecule is CCCCCCN(C(=O)c1ccccc1Cl)C(C)c1nc2ccccc2c(=O)n1-c1ccc(C)cc1. The molecule has 0 fully saturated rings. The van der Waals surface area contributed by atoms with Gasteiger partial charge in [-0.05, 0) is 56.7 Å². The van der Waals surface area contributed by atoms with Crippen LogP contribution in [-0.2, 0) is 0 Å². The lowest BCUT2D eigenvalue weighted by atomic mass is 10.1. The number of aryl methyl sites for hydroxylation is 1. The number of rotatable bonds is 9. The molecule has 0 aliphatic carbocycles. The van der Waals surface area contributed by atoms with Gasteiger partial charge in [-0.1, -0.05) is 79.7 Å². The molecule has 1 aromatic heterocycles. The highest BCUT2D eigenvalue weighted by molar-refractivity contribution is 6.33. The number of aromatic nitrogens is 2. The second-order valence-corrected chi connectivity index (χ2v) is 9.59. The Balaban J connectivity index is 1.86. The summed E-state index contributed by atoms with van der Waals surface area (Å²) in [6, 6.07) is 21.8. The second-order valence-electron chi connectivity index (χ2n) is 9.18. The van der Waals surface area contributed by atoms with Crippen molar-refractivity contribution in [2.45, 2.75) is 52.5 Å². The van der Waals surface area contributed by atoms with Crippen LogP contribution in [0.2, 0.25) is 5.02 Å². The largest absolute Gasteiger partial charge is 0.329 e. The van der Waals surface area contributed by atoms with Crippen molar-refractivity contribution >= 4 is 28.4 Å². The standard InChI is InChI=1S/C30H32ClN3O2/c1-4-5-6-11-20-33(29(35)24-12-7-9-14-26(24)31)22(3)28-32-27-15-10-8-13-25(27)30(36)34(28)23-18-16-21(2)17-19-23/h7-10,12-19,22H,4-6,11,20H2,1-3H3. The Bertz CT molecular complexity index is 1410. The summed E-state index contributed by atoms with van der Waals surface area (Å²) in [4.78, 5) is 34.3. The molecule has 0 saturated heterocycles. The van der Waals surface area contributed by atoms with E-state index >= 15 is 0 Å². The minimum atomic E-state index is -0.464. The van der Waals surface area contributed by atoms with Crippen LogP contribution in [0.3, 0.4) is 0 Å². The van der Waals surface area contributed by atoms with E-state index in [0.717, 1.165) is 36.9 Å². The number of fused-ring (bicyclic) bond motifs is 1. The lowest BCUT2D eigenvalue weighted by Gasteiger charge is -2.31. The average Bonchev–Trinajstić information content (AvgIpc) is 2.89. The molecule has 0 aliphatic heterocycles. The number of hydrogen-bond donors (Lipinski definition) is 0. The predicted molar refractivity (Wildman–Crippen MR) is 147 cm³/mol. The van der Waals surface area contributed by atoms with Crippen LogP contribution in [0.1, 0.15) is 67.3 Å². The molecule has 3 aromatic carbocycles. The van der Waals surface area contributed by atoms with Crippen LogP contribution in [-0.4, -0.2) is 26.9 Å². The number of benzene rings is 3. The van der Waals surface area contributed by atoms with Gasteiger partial charge in [0.05, 0.1) is 33.2 Å². The number of amides is 1. The van der Waals surface area contributed by atoms with Crippen LogP contribution in [0.4, 0.5) is 0 Å². The fraction of sp³-hybridized carbons (Fsp3) is 0.300. The van der Waals surface area contributed by atoms with Gasteiger partial charge in [-0.2, -0.15) is 0 Å². The molecule has 6 heteroatoms. The van der Waals surface area contributed by atoms with E-state index in [1.807, 2.05) is 68.4 Å². The summed E-state index contributed by atoms with van der Waals surface area (Å²) in [6.07, 6.45) is 4.08. The number of nitrogens with zero attached hydrogens (tertiary/aromatic N) is 3. The molecule has 1 amide bonds. The fourth-order valence-corrected chi connectivity index (χ4v) is 4.70. The van der Waals surface area contributed by atoms with Gasteiger partial charge in [0.25, 0.3) is 11.5 Å². The molecule has 36 heavy (non-hydrogen) atoms. The molecular formula is C30H32ClN3O2. The van der Waals surface area contributed by atoms with E-state index in [4.69, 9.17) is 16.6 Å². The zero-order valence-electron chi connectivity index (χ0n) is 21.1. The van der Waals surface area contributed by atoms with E-state index in [-0.39, 0.29) is 11.5 Å². The first-order chi connectivity index (χ1) is 17.4. The summed E-state index contributed by atoms with van der Waals surface area (Å²) in [5.74, 6) is 0.362. The summed E-state index contributed by atoms with van der Waals surface area (Å²) < 4.78 is 1.64. The van der Waals surface area contributed by atoms with E-state index < -0.39 is 6.04 Å². The number of carbonyl (C=O) groups is 1. The van der Waals surface area contributed by atoms with Crippen molar-refractivity contribution in [1.82, 2.24) is 14.5 Å². The fourth-order valence-electron chi connectivity index (χ4n) is 4.48. The molecule has 1 atom stereocenters. The molecule has 0 saturated carbocycles. The number of para-hydroxylation sites is 1. The number of halogens is 1. The van der Waals surface area contributed by atoms with Crippen molar-refractivity contribution in [2.75, 3.05) is 6.54 Å². The molecule has 4 aromatic rings. The van der Waals surface area contributed by atoms with E-state index in [1.165, 1.54) is 0 Å². The maximum Gasteiger partial charge on any atom is 0.266 e. The summed E-state index contributed by atoms with van der Waals surface area (Å²) in [7, 11) is 0. The summed E-state index contributed by atoms with van der Waals surface area (Å²) in [5, 5.41) is 0.955.